The van der Waals surface area contributed by atoms with Crippen molar-refractivity contribution < 1.29 is 4.79 Å². The quantitative estimate of drug-likeness (QED) is 0.831. The molecule has 2 aliphatic heterocycles. The van der Waals surface area contributed by atoms with Gasteiger partial charge in [0.15, 0.2) is 0 Å². The summed E-state index contributed by atoms with van der Waals surface area (Å²) in [6, 6.07) is 0.668. The van der Waals surface area contributed by atoms with Crippen molar-refractivity contribution >= 4 is 5.91 Å². The summed E-state index contributed by atoms with van der Waals surface area (Å²) in [7, 11) is 2.18. The van der Waals surface area contributed by atoms with Crippen molar-refractivity contribution in [1.82, 2.24) is 14.7 Å². The van der Waals surface area contributed by atoms with Gasteiger partial charge in [0.2, 0.25) is 5.91 Å². The van der Waals surface area contributed by atoms with E-state index in [1.165, 1.54) is 6.42 Å². The number of nitrogens with zero attached hydrogens (tertiary/aromatic N) is 3. The van der Waals surface area contributed by atoms with Gasteiger partial charge in [0.05, 0.1) is 0 Å². The molecule has 0 aromatic heterocycles. The second-order valence-electron chi connectivity index (χ2n) is 6.74. The third kappa shape index (κ3) is 4.66. The number of hydrogen-bond donors (Lipinski definition) is 1. The van der Waals surface area contributed by atoms with Crippen molar-refractivity contribution in [2.45, 2.75) is 51.1 Å². The Balaban J connectivity index is 1.92. The van der Waals surface area contributed by atoms with Crippen molar-refractivity contribution in [3.8, 4) is 0 Å². The summed E-state index contributed by atoms with van der Waals surface area (Å²) in [5.74, 6) is 0.301. The van der Waals surface area contributed by atoms with Gasteiger partial charge in [-0.1, -0.05) is 0 Å². The lowest BCUT2D eigenvalue weighted by atomic mass is 10.1. The molecule has 21 heavy (non-hydrogen) atoms. The molecule has 0 spiro atoms. The van der Waals surface area contributed by atoms with Gasteiger partial charge in [0.1, 0.15) is 0 Å². The summed E-state index contributed by atoms with van der Waals surface area (Å²) in [6.45, 7) is 7.97. The third-order valence-corrected chi connectivity index (χ3v) is 4.96. The van der Waals surface area contributed by atoms with Crippen LogP contribution in [0.15, 0.2) is 0 Å². The van der Waals surface area contributed by atoms with Crippen molar-refractivity contribution in [3.05, 3.63) is 0 Å². The van der Waals surface area contributed by atoms with E-state index in [2.05, 4.69) is 23.8 Å². The molecule has 2 rings (SSSR count). The maximum atomic E-state index is 12.5. The Bertz CT molecular complexity index is 330. The number of rotatable bonds is 4. The van der Waals surface area contributed by atoms with E-state index in [9.17, 15) is 4.79 Å². The zero-order valence-corrected chi connectivity index (χ0v) is 13.8. The van der Waals surface area contributed by atoms with Crippen LogP contribution < -0.4 is 5.73 Å². The van der Waals surface area contributed by atoms with Gasteiger partial charge in [-0.3, -0.25) is 9.69 Å². The van der Waals surface area contributed by atoms with Crippen LogP contribution in [0, 0.1) is 0 Å². The SMILES string of the molecule is CC1CN(C)CCCN1C(CN)CC(=O)N1CCCCC1. The Morgan fingerprint density at radius 2 is 1.86 bits per heavy atom. The first kappa shape index (κ1) is 16.7. The van der Waals surface area contributed by atoms with Crippen molar-refractivity contribution in [2.75, 3.05) is 46.3 Å². The van der Waals surface area contributed by atoms with E-state index in [1.807, 2.05) is 4.90 Å². The Hall–Kier alpha value is -0.650. The van der Waals surface area contributed by atoms with E-state index in [0.29, 0.717) is 24.9 Å². The fourth-order valence-corrected chi connectivity index (χ4v) is 3.74. The van der Waals surface area contributed by atoms with Crippen LogP contribution in [0.25, 0.3) is 0 Å². The minimum absolute atomic E-state index is 0.195. The third-order valence-electron chi connectivity index (χ3n) is 4.96. The van der Waals surface area contributed by atoms with Gasteiger partial charge in [-0.2, -0.15) is 0 Å². The minimum Gasteiger partial charge on any atom is -0.343 e. The van der Waals surface area contributed by atoms with Crippen LogP contribution in [-0.4, -0.2) is 79.0 Å². The summed E-state index contributed by atoms with van der Waals surface area (Å²) in [5, 5.41) is 0. The molecule has 0 bridgehead atoms. The molecule has 2 unspecified atom stereocenters. The number of likely N-dealkylation sites (N-methyl/N-ethyl adjacent to an activating group) is 1. The summed E-state index contributed by atoms with van der Waals surface area (Å²) in [4.78, 5) is 19.4. The van der Waals surface area contributed by atoms with E-state index in [1.54, 1.807) is 0 Å². The molecule has 5 nitrogen and oxygen atoms in total. The highest BCUT2D eigenvalue weighted by atomic mass is 16.2. The second-order valence-corrected chi connectivity index (χ2v) is 6.74. The molecule has 0 aromatic rings. The smallest absolute Gasteiger partial charge is 0.224 e. The molecule has 2 fully saturated rings. The zero-order valence-electron chi connectivity index (χ0n) is 13.8. The molecule has 2 saturated heterocycles. The molecule has 1 amide bonds. The number of nitrogens with two attached hydrogens (primary N) is 1. The molecule has 2 aliphatic rings. The van der Waals surface area contributed by atoms with Crippen LogP contribution in [-0.2, 0) is 4.79 Å². The van der Waals surface area contributed by atoms with Crippen LogP contribution in [0.1, 0.15) is 39.0 Å². The summed E-state index contributed by atoms with van der Waals surface area (Å²) in [5.41, 5.74) is 6.00. The molecular weight excluding hydrogens is 264 g/mol. The van der Waals surface area contributed by atoms with Gasteiger partial charge < -0.3 is 15.5 Å². The lowest BCUT2D eigenvalue weighted by Crippen LogP contribution is -2.50. The predicted molar refractivity (Wildman–Crippen MR) is 86.2 cm³/mol. The fourth-order valence-electron chi connectivity index (χ4n) is 3.74. The minimum atomic E-state index is 0.195. The average molecular weight is 296 g/mol. The Morgan fingerprint density at radius 1 is 1.14 bits per heavy atom. The van der Waals surface area contributed by atoms with Crippen LogP contribution in [0.5, 0.6) is 0 Å². The van der Waals surface area contributed by atoms with E-state index in [-0.39, 0.29) is 6.04 Å². The summed E-state index contributed by atoms with van der Waals surface area (Å²) in [6.07, 6.45) is 5.33. The Labute approximate surface area is 129 Å². The van der Waals surface area contributed by atoms with Gasteiger partial charge in [-0.05, 0) is 46.2 Å². The summed E-state index contributed by atoms with van der Waals surface area (Å²) >= 11 is 0. The highest BCUT2D eigenvalue weighted by Gasteiger charge is 2.29. The molecule has 2 N–H and O–H groups in total. The highest BCUT2D eigenvalue weighted by Crippen LogP contribution is 2.17. The molecule has 122 valence electrons. The molecule has 0 saturated carbocycles. The number of amides is 1. The van der Waals surface area contributed by atoms with E-state index in [4.69, 9.17) is 5.73 Å². The molecular formula is C16H32N4O. The molecule has 0 aromatic carbocycles. The normalized spacial score (nSPS) is 27.4. The molecule has 5 heteroatoms. The first-order chi connectivity index (χ1) is 10.1. The monoisotopic (exact) mass is 296 g/mol. The summed E-state index contributed by atoms with van der Waals surface area (Å²) < 4.78 is 0. The first-order valence-electron chi connectivity index (χ1n) is 8.54. The van der Waals surface area contributed by atoms with Crippen LogP contribution in [0.4, 0.5) is 0 Å². The number of carbonyl (C=O) groups is 1. The van der Waals surface area contributed by atoms with E-state index in [0.717, 1.165) is 52.0 Å². The second kappa shape index (κ2) is 8.11. The highest BCUT2D eigenvalue weighted by molar-refractivity contribution is 5.77. The predicted octanol–water partition coefficient (Wildman–Crippen LogP) is 0.742. The lowest BCUT2D eigenvalue weighted by Gasteiger charge is -2.36. The first-order valence-corrected chi connectivity index (χ1v) is 8.54. The number of piperidine rings is 1. The molecule has 0 radical (unpaired) electrons. The largest absolute Gasteiger partial charge is 0.343 e. The van der Waals surface area contributed by atoms with Crippen LogP contribution in [0.2, 0.25) is 0 Å². The maximum absolute atomic E-state index is 12.5. The Morgan fingerprint density at radius 3 is 2.52 bits per heavy atom. The maximum Gasteiger partial charge on any atom is 0.224 e. The molecule has 0 aliphatic carbocycles. The fraction of sp³-hybridized carbons (Fsp3) is 0.938. The molecule has 2 atom stereocenters. The van der Waals surface area contributed by atoms with Crippen molar-refractivity contribution in [2.24, 2.45) is 5.73 Å². The Kier molecular flexibility index (Phi) is 6.45. The zero-order chi connectivity index (χ0) is 15.2. The van der Waals surface area contributed by atoms with Gasteiger partial charge in [-0.25, -0.2) is 0 Å². The van der Waals surface area contributed by atoms with Crippen LogP contribution >= 0.6 is 0 Å². The topological polar surface area (TPSA) is 52.8 Å². The van der Waals surface area contributed by atoms with Gasteiger partial charge in [0, 0.05) is 51.2 Å². The number of likely N-dealkylation sites (tertiary alicyclic amines) is 1. The molecule has 2 heterocycles. The lowest BCUT2D eigenvalue weighted by molar-refractivity contribution is -0.133. The van der Waals surface area contributed by atoms with Gasteiger partial charge >= 0.3 is 0 Å². The van der Waals surface area contributed by atoms with Crippen molar-refractivity contribution in [3.63, 3.8) is 0 Å². The van der Waals surface area contributed by atoms with Crippen LogP contribution in [0.3, 0.4) is 0 Å². The van der Waals surface area contributed by atoms with E-state index < -0.39 is 0 Å². The van der Waals surface area contributed by atoms with Gasteiger partial charge in [0.25, 0.3) is 0 Å². The standard InChI is InChI=1S/C16H32N4O/c1-14-13-18(2)7-6-10-20(14)15(12-17)11-16(21)19-8-4-3-5-9-19/h14-15H,3-13,17H2,1-2H3. The average Bonchev–Trinajstić information content (AvgIpc) is 2.66. The van der Waals surface area contributed by atoms with Gasteiger partial charge in [-0.15, -0.1) is 0 Å². The number of hydrogen-bond acceptors (Lipinski definition) is 4. The number of carbonyl (C=O) groups excluding carboxylic acids is 1. The van der Waals surface area contributed by atoms with Crippen molar-refractivity contribution in [1.29, 1.82) is 0 Å². The van der Waals surface area contributed by atoms with E-state index >= 15 is 0 Å².